The summed E-state index contributed by atoms with van der Waals surface area (Å²) in [6.07, 6.45) is 9.08. The van der Waals surface area contributed by atoms with Gasteiger partial charge < -0.3 is 10.2 Å². The van der Waals surface area contributed by atoms with E-state index in [1.165, 1.54) is 53.3 Å². The summed E-state index contributed by atoms with van der Waals surface area (Å²) < 4.78 is 27.9. The Morgan fingerprint density at radius 2 is 1.46 bits per heavy atom. The predicted octanol–water partition coefficient (Wildman–Crippen LogP) is 7.13. The van der Waals surface area contributed by atoms with Gasteiger partial charge in [0.15, 0.2) is 0 Å². The van der Waals surface area contributed by atoms with Crippen molar-refractivity contribution in [1.82, 2.24) is 10.2 Å². The fourth-order valence-electron chi connectivity index (χ4n) is 8.90. The zero-order valence-electron chi connectivity index (χ0n) is 28.5. The molecule has 0 radical (unpaired) electrons. The molecule has 2 amide bonds. The summed E-state index contributed by atoms with van der Waals surface area (Å²) in [6.45, 7) is 5.32. The Kier molecular flexibility index (Phi) is 9.71. The number of sulfonamides is 1. The number of nitrogens with one attached hydrogen (secondary N) is 1. The molecule has 9 heteroatoms. The third-order valence-corrected chi connectivity index (χ3v) is 11.9. The number of carbonyl (C=O) groups is 2. The van der Waals surface area contributed by atoms with Crippen LogP contribution in [0.15, 0.2) is 78.9 Å². The van der Waals surface area contributed by atoms with E-state index < -0.39 is 34.1 Å². The van der Waals surface area contributed by atoms with Crippen LogP contribution in [-0.4, -0.2) is 49.5 Å². The molecule has 7 nitrogen and oxygen atoms in total. The van der Waals surface area contributed by atoms with Gasteiger partial charge in [0.05, 0.1) is 11.9 Å². The molecule has 7 rings (SSSR count). The molecule has 0 heterocycles. The lowest BCUT2D eigenvalue weighted by Gasteiger charge is -2.57. The van der Waals surface area contributed by atoms with E-state index in [9.17, 15) is 18.0 Å². The zero-order chi connectivity index (χ0) is 34.3. The maximum atomic E-state index is 14.5. The SMILES string of the molecule is CC(C)(C)NC(=O)C(Cc1ccccc1)N(Cc1cccc(Cl)c1)C(=O)CN(c1ccc(C23CC4CC(CC(C4)C2)C3)cc1)S(C)(=O)=O. The monoisotopic (exact) mass is 689 g/mol. The van der Waals surface area contributed by atoms with Gasteiger partial charge in [0.25, 0.3) is 0 Å². The van der Waals surface area contributed by atoms with E-state index in [0.717, 1.165) is 35.1 Å². The molecule has 3 aromatic rings. The molecule has 1 unspecified atom stereocenters. The highest BCUT2D eigenvalue weighted by Gasteiger charge is 2.51. The standard InChI is InChI=1S/C39H48ClN3O4S/c1-38(2,3)41-37(45)35(21-27-9-6-5-7-10-27)42(25-28-11-8-12-33(40)20-28)36(44)26-43(48(4,46)47)34-15-13-32(14-16-34)39-22-29-17-30(23-39)19-31(18-29)24-39/h5-16,20,29-31,35H,17-19,21-26H2,1-4H3,(H,41,45). The van der Waals surface area contributed by atoms with Gasteiger partial charge in [-0.2, -0.15) is 0 Å². The first-order valence-corrected chi connectivity index (χ1v) is 19.4. The van der Waals surface area contributed by atoms with Crippen LogP contribution in [0.1, 0.15) is 76.0 Å². The van der Waals surface area contributed by atoms with Gasteiger partial charge in [0, 0.05) is 23.5 Å². The number of hydrogen-bond acceptors (Lipinski definition) is 4. The quantitative estimate of drug-likeness (QED) is 0.232. The molecule has 256 valence electrons. The minimum absolute atomic E-state index is 0.0804. The van der Waals surface area contributed by atoms with Gasteiger partial charge in [0.2, 0.25) is 21.8 Å². The lowest BCUT2D eigenvalue weighted by atomic mass is 9.48. The van der Waals surface area contributed by atoms with Crippen molar-refractivity contribution >= 4 is 39.1 Å². The summed E-state index contributed by atoms with van der Waals surface area (Å²) in [7, 11) is -3.85. The van der Waals surface area contributed by atoms with Gasteiger partial charge in [-0.3, -0.25) is 13.9 Å². The van der Waals surface area contributed by atoms with Crippen molar-refractivity contribution in [3.8, 4) is 0 Å². The normalized spacial score (nSPS) is 23.8. The van der Waals surface area contributed by atoms with Crippen molar-refractivity contribution in [1.29, 1.82) is 0 Å². The van der Waals surface area contributed by atoms with Crippen molar-refractivity contribution in [2.75, 3.05) is 17.1 Å². The minimum atomic E-state index is -3.85. The number of rotatable bonds is 11. The number of anilines is 1. The van der Waals surface area contributed by atoms with Crippen LogP contribution in [-0.2, 0) is 38.0 Å². The Bertz CT molecular complexity index is 1700. The van der Waals surface area contributed by atoms with E-state index in [-0.39, 0.29) is 24.3 Å². The molecule has 48 heavy (non-hydrogen) atoms. The number of nitrogens with zero attached hydrogens (tertiary/aromatic N) is 2. The minimum Gasteiger partial charge on any atom is -0.350 e. The Morgan fingerprint density at radius 1 is 0.875 bits per heavy atom. The molecule has 4 aliphatic carbocycles. The number of benzene rings is 3. The lowest BCUT2D eigenvalue weighted by Crippen LogP contribution is -2.56. The van der Waals surface area contributed by atoms with E-state index >= 15 is 0 Å². The van der Waals surface area contributed by atoms with Crippen molar-refractivity contribution < 1.29 is 18.0 Å². The van der Waals surface area contributed by atoms with Crippen LogP contribution in [0.5, 0.6) is 0 Å². The van der Waals surface area contributed by atoms with E-state index in [2.05, 4.69) is 17.4 Å². The Hall–Kier alpha value is -3.36. The topological polar surface area (TPSA) is 86.8 Å². The third-order valence-electron chi connectivity index (χ3n) is 10.5. The summed E-state index contributed by atoms with van der Waals surface area (Å²) in [4.78, 5) is 29.9. The maximum absolute atomic E-state index is 14.5. The molecule has 4 fully saturated rings. The van der Waals surface area contributed by atoms with Crippen LogP contribution in [0, 0.1) is 17.8 Å². The molecule has 3 aromatic carbocycles. The van der Waals surface area contributed by atoms with Gasteiger partial charge in [-0.1, -0.05) is 66.2 Å². The van der Waals surface area contributed by atoms with E-state index in [1.54, 1.807) is 18.2 Å². The molecule has 4 bridgehead atoms. The van der Waals surface area contributed by atoms with Crippen LogP contribution in [0.2, 0.25) is 5.02 Å². The zero-order valence-corrected chi connectivity index (χ0v) is 30.1. The van der Waals surface area contributed by atoms with Crippen molar-refractivity contribution in [3.63, 3.8) is 0 Å². The van der Waals surface area contributed by atoms with Gasteiger partial charge in [-0.25, -0.2) is 8.42 Å². The first kappa shape index (κ1) is 34.5. The van der Waals surface area contributed by atoms with E-state index in [0.29, 0.717) is 10.7 Å². The van der Waals surface area contributed by atoms with Crippen molar-refractivity contribution in [3.05, 3.63) is 101 Å². The summed E-state index contributed by atoms with van der Waals surface area (Å²) in [5, 5.41) is 3.57. The second-order valence-electron chi connectivity index (χ2n) is 15.6. The van der Waals surface area contributed by atoms with Crippen LogP contribution in [0.3, 0.4) is 0 Å². The maximum Gasteiger partial charge on any atom is 0.244 e. The fourth-order valence-corrected chi connectivity index (χ4v) is 9.96. The number of halogens is 1. The largest absolute Gasteiger partial charge is 0.350 e. The highest BCUT2D eigenvalue weighted by atomic mass is 35.5. The molecular weight excluding hydrogens is 642 g/mol. The fraction of sp³-hybridized carbons (Fsp3) is 0.487. The smallest absolute Gasteiger partial charge is 0.244 e. The first-order valence-electron chi connectivity index (χ1n) is 17.2. The van der Waals surface area contributed by atoms with Crippen LogP contribution >= 0.6 is 11.6 Å². The Balaban J connectivity index is 1.31. The van der Waals surface area contributed by atoms with E-state index in [4.69, 9.17) is 11.6 Å². The molecule has 0 saturated heterocycles. The molecular formula is C39H48ClN3O4S. The van der Waals surface area contributed by atoms with E-state index in [1.807, 2.05) is 69.3 Å². The average Bonchev–Trinajstić information content (AvgIpc) is 3.00. The molecule has 0 aliphatic heterocycles. The molecule has 0 spiro atoms. The Morgan fingerprint density at radius 3 is 2.00 bits per heavy atom. The molecule has 0 aromatic heterocycles. The number of amides is 2. The number of carbonyl (C=O) groups excluding carboxylic acids is 2. The summed E-state index contributed by atoms with van der Waals surface area (Å²) in [6, 6.07) is 23.7. The summed E-state index contributed by atoms with van der Waals surface area (Å²) >= 11 is 6.33. The average molecular weight is 690 g/mol. The van der Waals surface area contributed by atoms with Gasteiger partial charge >= 0.3 is 0 Å². The van der Waals surface area contributed by atoms with Crippen molar-refractivity contribution in [2.45, 2.75) is 89.3 Å². The second-order valence-corrected chi connectivity index (χ2v) is 18.0. The Labute approximate surface area is 291 Å². The lowest BCUT2D eigenvalue weighted by molar-refractivity contribution is -0.140. The molecule has 4 aliphatic rings. The van der Waals surface area contributed by atoms with Crippen LogP contribution in [0.25, 0.3) is 0 Å². The third kappa shape index (κ3) is 7.92. The number of hydrogen-bond donors (Lipinski definition) is 1. The summed E-state index contributed by atoms with van der Waals surface area (Å²) in [5.74, 6) is 1.60. The second kappa shape index (κ2) is 13.5. The van der Waals surface area contributed by atoms with Gasteiger partial charge in [-0.15, -0.1) is 0 Å². The summed E-state index contributed by atoms with van der Waals surface area (Å²) in [5.41, 5.74) is 2.99. The highest BCUT2D eigenvalue weighted by Crippen LogP contribution is 2.60. The van der Waals surface area contributed by atoms with Crippen LogP contribution < -0.4 is 9.62 Å². The van der Waals surface area contributed by atoms with Gasteiger partial charge in [0.1, 0.15) is 12.6 Å². The molecule has 1 atom stereocenters. The molecule has 1 N–H and O–H groups in total. The van der Waals surface area contributed by atoms with Crippen molar-refractivity contribution in [2.24, 2.45) is 17.8 Å². The highest BCUT2D eigenvalue weighted by molar-refractivity contribution is 7.92. The predicted molar refractivity (Wildman–Crippen MR) is 192 cm³/mol. The van der Waals surface area contributed by atoms with Gasteiger partial charge in [-0.05, 0) is 123 Å². The first-order chi connectivity index (χ1) is 22.7. The molecule has 4 saturated carbocycles. The van der Waals surface area contributed by atoms with Crippen LogP contribution in [0.4, 0.5) is 5.69 Å².